The van der Waals surface area contributed by atoms with Crippen LogP contribution in [0.3, 0.4) is 0 Å². The second kappa shape index (κ2) is 9.42. The number of hydrogen-bond acceptors (Lipinski definition) is 5. The van der Waals surface area contributed by atoms with Gasteiger partial charge in [0.2, 0.25) is 5.89 Å². The van der Waals surface area contributed by atoms with Gasteiger partial charge in [-0.3, -0.25) is 10.1 Å². The van der Waals surface area contributed by atoms with Gasteiger partial charge in [0.25, 0.3) is 5.91 Å². The molecule has 0 bridgehead atoms. The van der Waals surface area contributed by atoms with Crippen molar-refractivity contribution in [2.24, 2.45) is 0 Å². The summed E-state index contributed by atoms with van der Waals surface area (Å²) in [4.78, 5) is 17.3. The number of carbonyl (C=O) groups excluding carboxylic acids is 1. The van der Waals surface area contributed by atoms with E-state index in [-0.39, 0.29) is 11.0 Å². The van der Waals surface area contributed by atoms with E-state index >= 15 is 0 Å². The highest BCUT2D eigenvalue weighted by Crippen LogP contribution is 2.32. The van der Waals surface area contributed by atoms with Crippen LogP contribution in [0.25, 0.3) is 22.6 Å². The Hall–Kier alpha value is -3.71. The van der Waals surface area contributed by atoms with Crippen LogP contribution in [0, 0.1) is 6.92 Å². The first-order valence-corrected chi connectivity index (χ1v) is 11.0. The second-order valence-corrected chi connectivity index (χ2v) is 8.45. The van der Waals surface area contributed by atoms with Crippen molar-refractivity contribution < 1.29 is 13.9 Å². The summed E-state index contributed by atoms with van der Waals surface area (Å²) in [6.45, 7) is 6.16. The van der Waals surface area contributed by atoms with Crippen LogP contribution >= 0.6 is 12.2 Å². The van der Waals surface area contributed by atoms with Gasteiger partial charge >= 0.3 is 0 Å². The average Bonchev–Trinajstić information content (AvgIpc) is 3.22. The van der Waals surface area contributed by atoms with Crippen molar-refractivity contribution in [2.75, 3.05) is 12.4 Å². The molecule has 4 aromatic rings. The van der Waals surface area contributed by atoms with Crippen molar-refractivity contribution in [3.05, 3.63) is 77.4 Å². The molecule has 168 valence electrons. The molecule has 4 rings (SSSR count). The number of nitrogens with one attached hydrogen (secondary N) is 2. The molecule has 33 heavy (non-hydrogen) atoms. The number of oxazole rings is 1. The minimum atomic E-state index is -0.277. The molecular weight excluding hydrogens is 434 g/mol. The minimum Gasteiger partial charge on any atom is -0.495 e. The molecule has 7 heteroatoms. The zero-order valence-electron chi connectivity index (χ0n) is 18.9. The predicted octanol–water partition coefficient (Wildman–Crippen LogP) is 6.06. The van der Waals surface area contributed by atoms with Gasteiger partial charge in [0.15, 0.2) is 10.7 Å². The van der Waals surface area contributed by atoms with Crippen LogP contribution in [-0.4, -0.2) is 23.1 Å². The molecule has 0 aliphatic carbocycles. The summed E-state index contributed by atoms with van der Waals surface area (Å²) in [5.74, 6) is 1.19. The normalized spacial score (nSPS) is 10.9. The molecule has 6 nitrogen and oxygen atoms in total. The van der Waals surface area contributed by atoms with Crippen LogP contribution in [-0.2, 0) is 0 Å². The first-order chi connectivity index (χ1) is 15.9. The van der Waals surface area contributed by atoms with Gasteiger partial charge < -0.3 is 14.5 Å². The van der Waals surface area contributed by atoms with Gasteiger partial charge in [-0.05, 0) is 72.6 Å². The predicted molar refractivity (Wildman–Crippen MR) is 135 cm³/mol. The number of anilines is 1. The Labute approximate surface area is 198 Å². The van der Waals surface area contributed by atoms with Crippen molar-refractivity contribution in [3.63, 3.8) is 0 Å². The fourth-order valence-electron chi connectivity index (χ4n) is 3.52. The molecule has 0 saturated carbocycles. The quantitative estimate of drug-likeness (QED) is 0.353. The lowest BCUT2D eigenvalue weighted by molar-refractivity contribution is 0.0977. The number of benzene rings is 3. The third kappa shape index (κ3) is 4.88. The van der Waals surface area contributed by atoms with Crippen molar-refractivity contribution >= 4 is 40.0 Å². The Bertz CT molecular complexity index is 1340. The van der Waals surface area contributed by atoms with Gasteiger partial charge in [0.1, 0.15) is 11.3 Å². The number of ether oxygens (including phenoxy) is 1. The van der Waals surface area contributed by atoms with Gasteiger partial charge in [0.05, 0.1) is 12.8 Å². The summed E-state index contributed by atoms with van der Waals surface area (Å²) in [6.07, 6.45) is 0. The summed E-state index contributed by atoms with van der Waals surface area (Å²) in [5.41, 5.74) is 5.52. The van der Waals surface area contributed by atoms with E-state index in [2.05, 4.69) is 35.5 Å². The first-order valence-electron chi connectivity index (χ1n) is 10.6. The van der Waals surface area contributed by atoms with E-state index in [1.165, 1.54) is 5.56 Å². The van der Waals surface area contributed by atoms with E-state index in [0.717, 1.165) is 22.2 Å². The lowest BCUT2D eigenvalue weighted by atomic mass is 10.0. The zero-order chi connectivity index (χ0) is 23.5. The summed E-state index contributed by atoms with van der Waals surface area (Å²) in [7, 11) is 1.57. The Morgan fingerprint density at radius 1 is 1.09 bits per heavy atom. The van der Waals surface area contributed by atoms with E-state index in [1.54, 1.807) is 19.2 Å². The molecular formula is C26H25N3O3S. The average molecular weight is 460 g/mol. The van der Waals surface area contributed by atoms with E-state index in [1.807, 2.05) is 49.4 Å². The SMILES string of the molecule is COc1ccc(-c2nc3cc(C(C)C)ccc3o2)cc1NC(=S)NC(=O)c1ccccc1C. The highest BCUT2D eigenvalue weighted by molar-refractivity contribution is 7.80. The maximum atomic E-state index is 12.6. The minimum absolute atomic E-state index is 0.165. The monoisotopic (exact) mass is 459 g/mol. The van der Waals surface area contributed by atoms with Crippen LogP contribution in [0.15, 0.2) is 65.1 Å². The van der Waals surface area contributed by atoms with Crippen molar-refractivity contribution in [3.8, 4) is 17.2 Å². The first kappa shape index (κ1) is 22.5. The Morgan fingerprint density at radius 2 is 1.88 bits per heavy atom. The molecule has 1 heterocycles. The van der Waals surface area contributed by atoms with Crippen molar-refractivity contribution in [1.29, 1.82) is 0 Å². The second-order valence-electron chi connectivity index (χ2n) is 8.04. The number of thiocarbonyl (C=S) groups is 1. The number of carbonyl (C=O) groups is 1. The molecule has 0 fully saturated rings. The molecule has 0 atom stereocenters. The van der Waals surface area contributed by atoms with Crippen molar-refractivity contribution in [2.45, 2.75) is 26.7 Å². The van der Waals surface area contributed by atoms with Gasteiger partial charge in [-0.2, -0.15) is 0 Å². The Kier molecular flexibility index (Phi) is 6.42. The number of hydrogen-bond donors (Lipinski definition) is 2. The number of rotatable bonds is 5. The summed E-state index contributed by atoms with van der Waals surface area (Å²) >= 11 is 5.38. The number of methoxy groups -OCH3 is 1. The molecule has 0 radical (unpaired) electrons. The van der Waals surface area contributed by atoms with Gasteiger partial charge in [-0.1, -0.05) is 38.1 Å². The lowest BCUT2D eigenvalue weighted by Gasteiger charge is -2.14. The number of aryl methyl sites for hydroxylation is 1. The van der Waals surface area contributed by atoms with E-state index in [4.69, 9.17) is 21.4 Å². The topological polar surface area (TPSA) is 76.4 Å². The summed E-state index contributed by atoms with van der Waals surface area (Å²) in [6, 6.07) is 18.9. The zero-order valence-corrected chi connectivity index (χ0v) is 19.7. The van der Waals surface area contributed by atoms with Crippen molar-refractivity contribution in [1.82, 2.24) is 10.3 Å². The molecule has 0 aliphatic heterocycles. The number of aromatic nitrogens is 1. The third-order valence-corrected chi connectivity index (χ3v) is 5.59. The van der Waals surface area contributed by atoms with Crippen LogP contribution in [0.4, 0.5) is 5.69 Å². The number of fused-ring (bicyclic) bond motifs is 1. The van der Waals surface area contributed by atoms with Crippen LogP contribution in [0.5, 0.6) is 5.75 Å². The maximum Gasteiger partial charge on any atom is 0.257 e. The number of nitrogens with zero attached hydrogens (tertiary/aromatic N) is 1. The van der Waals surface area contributed by atoms with E-state index in [0.29, 0.717) is 28.8 Å². The van der Waals surface area contributed by atoms with E-state index in [9.17, 15) is 4.79 Å². The number of amides is 1. The fourth-order valence-corrected chi connectivity index (χ4v) is 3.72. The molecule has 1 amide bonds. The lowest BCUT2D eigenvalue weighted by Crippen LogP contribution is -2.34. The largest absolute Gasteiger partial charge is 0.495 e. The molecule has 0 aliphatic rings. The Morgan fingerprint density at radius 3 is 2.61 bits per heavy atom. The summed E-state index contributed by atoms with van der Waals surface area (Å²) in [5, 5.41) is 5.94. The summed E-state index contributed by atoms with van der Waals surface area (Å²) < 4.78 is 11.4. The molecule has 0 saturated heterocycles. The van der Waals surface area contributed by atoms with E-state index < -0.39 is 0 Å². The highest BCUT2D eigenvalue weighted by Gasteiger charge is 2.15. The highest BCUT2D eigenvalue weighted by atomic mass is 32.1. The molecule has 0 spiro atoms. The molecule has 0 unspecified atom stereocenters. The fraction of sp³-hybridized carbons (Fsp3) is 0.192. The standard InChI is InChI=1S/C26H25N3O3S/c1-15(2)17-9-12-23-21(13-17)27-25(32-23)18-10-11-22(31-4)20(14-18)28-26(33)29-24(30)19-8-6-5-7-16(19)3/h5-15H,1-4H3,(H2,28,29,30,33). The molecule has 3 aromatic carbocycles. The molecule has 2 N–H and O–H groups in total. The molecule has 1 aromatic heterocycles. The van der Waals surface area contributed by atoms with Gasteiger partial charge in [-0.15, -0.1) is 0 Å². The Balaban J connectivity index is 1.58. The maximum absolute atomic E-state index is 12.6. The van der Waals surface area contributed by atoms with Crippen LogP contribution in [0.1, 0.15) is 41.3 Å². The smallest absolute Gasteiger partial charge is 0.257 e. The van der Waals surface area contributed by atoms with Crippen LogP contribution < -0.4 is 15.4 Å². The third-order valence-electron chi connectivity index (χ3n) is 5.39. The van der Waals surface area contributed by atoms with Crippen LogP contribution in [0.2, 0.25) is 0 Å². The van der Waals surface area contributed by atoms with Gasteiger partial charge in [0, 0.05) is 11.1 Å². The van der Waals surface area contributed by atoms with Gasteiger partial charge in [-0.25, -0.2) is 4.98 Å².